The number of nitrogens with zero attached hydrogens (tertiary/aromatic N) is 2. The van der Waals surface area contributed by atoms with E-state index in [1.54, 1.807) is 10.4 Å². The van der Waals surface area contributed by atoms with Crippen molar-refractivity contribution >= 4 is 20.9 Å². The number of aryl methyl sites for hydroxylation is 1. The molecule has 4 nitrogen and oxygen atoms in total. The van der Waals surface area contributed by atoms with Crippen LogP contribution in [0.25, 0.3) is 10.9 Å². The molecular formula is C18H24N2O2S. The number of para-hydroxylation sites is 1. The summed E-state index contributed by atoms with van der Waals surface area (Å²) in [7, 11) is -3.53. The number of sulfonamides is 1. The summed E-state index contributed by atoms with van der Waals surface area (Å²) in [4.78, 5) is 4.85. The summed E-state index contributed by atoms with van der Waals surface area (Å²) in [5, 5.41) is 0.872. The third kappa shape index (κ3) is 3.00. The molecule has 0 bridgehead atoms. The Bertz CT molecular complexity index is 809. The molecule has 1 aliphatic carbocycles. The van der Waals surface area contributed by atoms with E-state index in [1.165, 1.54) is 0 Å². The molecule has 1 heterocycles. The molecule has 0 spiro atoms. The van der Waals surface area contributed by atoms with Gasteiger partial charge >= 0.3 is 0 Å². The lowest BCUT2D eigenvalue weighted by atomic mass is 10.2. The molecule has 0 unspecified atom stereocenters. The van der Waals surface area contributed by atoms with Crippen LogP contribution in [0, 0.1) is 6.92 Å². The van der Waals surface area contributed by atoms with Crippen molar-refractivity contribution in [2.24, 2.45) is 0 Å². The van der Waals surface area contributed by atoms with Gasteiger partial charge in [0.15, 0.2) is 0 Å². The van der Waals surface area contributed by atoms with Crippen molar-refractivity contribution in [3.8, 4) is 0 Å². The van der Waals surface area contributed by atoms with Crippen molar-refractivity contribution in [1.82, 2.24) is 9.29 Å². The zero-order valence-electron chi connectivity index (χ0n) is 14.0. The van der Waals surface area contributed by atoms with Crippen LogP contribution in [0.2, 0.25) is 0 Å². The zero-order chi connectivity index (χ0) is 16.6. The first-order valence-corrected chi connectivity index (χ1v) is 9.83. The highest BCUT2D eigenvalue weighted by atomic mass is 32.2. The topological polar surface area (TPSA) is 50.3 Å². The van der Waals surface area contributed by atoms with Gasteiger partial charge in [-0.2, -0.15) is 4.31 Å². The zero-order valence-corrected chi connectivity index (χ0v) is 14.8. The highest BCUT2D eigenvalue weighted by Crippen LogP contribution is 2.37. The molecule has 3 rings (SSSR count). The Morgan fingerprint density at radius 1 is 1.17 bits per heavy atom. The molecule has 0 saturated heterocycles. The smallest absolute Gasteiger partial charge is 0.245 e. The standard InChI is InChI=1S/C18H24N2O2S/c1-4-15(5-2)20(16-11-12-16)23(21,22)17-8-6-7-14-10-9-13(3)19-18(14)17/h6-10,15-16H,4-5,11-12H2,1-3H3. The van der Waals surface area contributed by atoms with Gasteiger partial charge in [0.2, 0.25) is 10.0 Å². The van der Waals surface area contributed by atoms with E-state index in [0.29, 0.717) is 10.4 Å². The lowest BCUT2D eigenvalue weighted by molar-refractivity contribution is 0.296. The van der Waals surface area contributed by atoms with Crippen LogP contribution < -0.4 is 0 Å². The van der Waals surface area contributed by atoms with Crippen molar-refractivity contribution < 1.29 is 8.42 Å². The van der Waals surface area contributed by atoms with Crippen LogP contribution in [0.1, 0.15) is 45.2 Å². The van der Waals surface area contributed by atoms with E-state index in [2.05, 4.69) is 18.8 Å². The van der Waals surface area contributed by atoms with E-state index in [1.807, 2.05) is 31.2 Å². The Kier molecular flexibility index (Phi) is 4.43. The molecule has 124 valence electrons. The van der Waals surface area contributed by atoms with Crippen LogP contribution in [0.15, 0.2) is 35.2 Å². The quantitative estimate of drug-likeness (QED) is 0.806. The molecule has 1 aliphatic rings. The van der Waals surface area contributed by atoms with Crippen LogP contribution in [0.5, 0.6) is 0 Å². The average Bonchev–Trinajstić information content (AvgIpc) is 3.35. The molecule has 0 aliphatic heterocycles. The first-order chi connectivity index (χ1) is 11.0. The molecule has 1 aromatic heterocycles. The van der Waals surface area contributed by atoms with Crippen LogP contribution in [0.3, 0.4) is 0 Å². The van der Waals surface area contributed by atoms with Gasteiger partial charge in [-0.1, -0.05) is 32.0 Å². The lowest BCUT2D eigenvalue weighted by Gasteiger charge is -2.30. The third-order valence-electron chi connectivity index (χ3n) is 4.59. The lowest BCUT2D eigenvalue weighted by Crippen LogP contribution is -2.41. The van der Waals surface area contributed by atoms with E-state index in [0.717, 1.165) is 36.8 Å². The summed E-state index contributed by atoms with van der Waals surface area (Å²) in [5.74, 6) is 0. The summed E-state index contributed by atoms with van der Waals surface area (Å²) < 4.78 is 28.5. The second-order valence-electron chi connectivity index (χ2n) is 6.32. The second-order valence-corrected chi connectivity index (χ2v) is 8.13. The van der Waals surface area contributed by atoms with Crippen molar-refractivity contribution in [2.45, 2.75) is 63.4 Å². The van der Waals surface area contributed by atoms with Crippen LogP contribution in [-0.4, -0.2) is 29.8 Å². The van der Waals surface area contributed by atoms with Gasteiger partial charge < -0.3 is 0 Å². The number of fused-ring (bicyclic) bond motifs is 1. The predicted octanol–water partition coefficient (Wildman–Crippen LogP) is 3.88. The first-order valence-electron chi connectivity index (χ1n) is 8.39. The molecular weight excluding hydrogens is 308 g/mol. The van der Waals surface area contributed by atoms with Crippen LogP contribution >= 0.6 is 0 Å². The molecule has 0 radical (unpaired) electrons. The van der Waals surface area contributed by atoms with Crippen molar-refractivity contribution in [2.75, 3.05) is 0 Å². The Morgan fingerprint density at radius 2 is 1.87 bits per heavy atom. The molecule has 0 N–H and O–H groups in total. The van der Waals surface area contributed by atoms with Gasteiger partial charge in [-0.15, -0.1) is 0 Å². The van der Waals surface area contributed by atoms with Gasteiger partial charge in [-0.05, 0) is 44.7 Å². The van der Waals surface area contributed by atoms with Crippen molar-refractivity contribution in [3.63, 3.8) is 0 Å². The van der Waals surface area contributed by atoms with E-state index in [9.17, 15) is 8.42 Å². The fourth-order valence-electron chi connectivity index (χ4n) is 3.21. The minimum absolute atomic E-state index is 0.0626. The van der Waals surface area contributed by atoms with E-state index in [4.69, 9.17) is 0 Å². The maximum atomic E-state index is 13.4. The van der Waals surface area contributed by atoms with E-state index in [-0.39, 0.29) is 12.1 Å². The van der Waals surface area contributed by atoms with Gasteiger partial charge in [0.1, 0.15) is 4.90 Å². The van der Waals surface area contributed by atoms with Crippen molar-refractivity contribution in [1.29, 1.82) is 0 Å². The summed E-state index contributed by atoms with van der Waals surface area (Å²) >= 11 is 0. The minimum Gasteiger partial charge on any atom is -0.252 e. The summed E-state index contributed by atoms with van der Waals surface area (Å²) in [6.45, 7) is 6.01. The molecule has 0 amide bonds. The minimum atomic E-state index is -3.53. The number of rotatable bonds is 6. The molecule has 1 saturated carbocycles. The normalized spacial score (nSPS) is 15.7. The predicted molar refractivity (Wildman–Crippen MR) is 92.9 cm³/mol. The van der Waals surface area contributed by atoms with E-state index < -0.39 is 10.0 Å². The molecule has 5 heteroatoms. The van der Waals surface area contributed by atoms with Gasteiger partial charge in [0, 0.05) is 23.2 Å². The Hall–Kier alpha value is -1.46. The fourth-order valence-corrected chi connectivity index (χ4v) is 5.39. The Balaban J connectivity index is 2.17. The first kappa shape index (κ1) is 16.4. The molecule has 23 heavy (non-hydrogen) atoms. The van der Waals surface area contributed by atoms with Gasteiger partial charge in [0.05, 0.1) is 5.52 Å². The van der Waals surface area contributed by atoms with Gasteiger partial charge in [0.25, 0.3) is 0 Å². The molecule has 1 fully saturated rings. The van der Waals surface area contributed by atoms with Gasteiger partial charge in [-0.25, -0.2) is 8.42 Å². The average molecular weight is 332 g/mol. The molecule has 1 aromatic carbocycles. The third-order valence-corrected chi connectivity index (χ3v) is 6.62. The maximum Gasteiger partial charge on any atom is 0.245 e. The number of aromatic nitrogens is 1. The van der Waals surface area contributed by atoms with Crippen LogP contribution in [0.4, 0.5) is 0 Å². The largest absolute Gasteiger partial charge is 0.252 e. The Morgan fingerprint density at radius 3 is 2.48 bits per heavy atom. The highest BCUT2D eigenvalue weighted by Gasteiger charge is 2.42. The van der Waals surface area contributed by atoms with Crippen molar-refractivity contribution in [3.05, 3.63) is 36.0 Å². The number of pyridine rings is 1. The number of benzene rings is 1. The highest BCUT2D eigenvalue weighted by molar-refractivity contribution is 7.89. The summed E-state index contributed by atoms with van der Waals surface area (Å²) in [5.41, 5.74) is 1.42. The van der Waals surface area contributed by atoms with Gasteiger partial charge in [-0.3, -0.25) is 4.98 Å². The monoisotopic (exact) mass is 332 g/mol. The fraction of sp³-hybridized carbons (Fsp3) is 0.500. The summed E-state index contributed by atoms with van der Waals surface area (Å²) in [6, 6.07) is 9.50. The second kappa shape index (κ2) is 6.21. The summed E-state index contributed by atoms with van der Waals surface area (Å²) in [6.07, 6.45) is 3.60. The van der Waals surface area contributed by atoms with E-state index >= 15 is 0 Å². The molecule has 2 aromatic rings. The Labute approximate surface area is 138 Å². The number of hydrogen-bond donors (Lipinski definition) is 0. The number of hydrogen-bond acceptors (Lipinski definition) is 3. The molecule has 0 atom stereocenters. The SMILES string of the molecule is CCC(CC)N(C1CC1)S(=O)(=O)c1cccc2ccc(C)nc12. The maximum absolute atomic E-state index is 13.4. The van der Waals surface area contributed by atoms with Crippen LogP contribution in [-0.2, 0) is 10.0 Å².